The van der Waals surface area contributed by atoms with Crippen molar-refractivity contribution in [1.82, 2.24) is 0 Å². The van der Waals surface area contributed by atoms with Crippen molar-refractivity contribution in [3.05, 3.63) is 23.8 Å². The molecule has 0 heterocycles. The summed E-state index contributed by atoms with van der Waals surface area (Å²) in [4.78, 5) is 0. The number of phenolic OH excluding ortho intramolecular Hbond substituents is 1. The summed E-state index contributed by atoms with van der Waals surface area (Å²) in [5, 5.41) is 9.20. The highest BCUT2D eigenvalue weighted by molar-refractivity contribution is 5.41. The van der Waals surface area contributed by atoms with Crippen LogP contribution < -0.4 is 4.74 Å². The van der Waals surface area contributed by atoms with E-state index in [1.54, 1.807) is 0 Å². The quantitative estimate of drug-likeness (QED) is 0.866. The van der Waals surface area contributed by atoms with Crippen molar-refractivity contribution in [3.63, 3.8) is 0 Å². The Hall–Kier alpha value is -1.39. The predicted molar refractivity (Wildman–Crippen MR) is 60.6 cm³/mol. The number of phenols is 1. The van der Waals surface area contributed by atoms with Gasteiger partial charge in [-0.1, -0.05) is 6.42 Å². The van der Waals surface area contributed by atoms with Crippen LogP contribution in [0.4, 0.5) is 13.2 Å². The third kappa shape index (κ3) is 3.09. The highest BCUT2D eigenvalue weighted by Gasteiger charge is 2.34. The van der Waals surface area contributed by atoms with E-state index in [0.29, 0.717) is 0 Å². The molecule has 0 amide bonds. The number of hydrogen-bond acceptors (Lipinski definition) is 2. The van der Waals surface area contributed by atoms with E-state index in [1.165, 1.54) is 6.07 Å². The Labute approximate surface area is 103 Å². The lowest BCUT2D eigenvalue weighted by molar-refractivity contribution is -0.138. The van der Waals surface area contributed by atoms with Crippen LogP contribution in [0.25, 0.3) is 0 Å². The van der Waals surface area contributed by atoms with Crippen LogP contribution in [0.5, 0.6) is 11.5 Å². The molecule has 0 atom stereocenters. The molecule has 18 heavy (non-hydrogen) atoms. The van der Waals surface area contributed by atoms with Gasteiger partial charge in [-0.25, -0.2) is 0 Å². The Morgan fingerprint density at radius 3 is 2.39 bits per heavy atom. The largest absolute Gasteiger partial charge is 0.507 e. The first kappa shape index (κ1) is 13.1. The second kappa shape index (κ2) is 5.08. The average Bonchev–Trinajstić information content (AvgIpc) is 2.31. The minimum Gasteiger partial charge on any atom is -0.507 e. The minimum atomic E-state index is -4.56. The van der Waals surface area contributed by atoms with Crippen LogP contribution in [0.2, 0.25) is 0 Å². The van der Waals surface area contributed by atoms with Gasteiger partial charge in [-0.2, -0.15) is 13.2 Å². The van der Waals surface area contributed by atoms with Gasteiger partial charge in [-0.15, -0.1) is 0 Å². The molecule has 0 unspecified atom stereocenters. The molecule has 0 saturated heterocycles. The van der Waals surface area contributed by atoms with Crippen molar-refractivity contribution in [2.24, 2.45) is 0 Å². The lowest BCUT2D eigenvalue weighted by atomic mass is 9.98. The number of benzene rings is 1. The molecule has 2 nitrogen and oxygen atoms in total. The van der Waals surface area contributed by atoms with E-state index in [9.17, 15) is 18.3 Å². The molecule has 1 aliphatic rings. The van der Waals surface area contributed by atoms with Crippen molar-refractivity contribution >= 4 is 0 Å². The lowest BCUT2D eigenvalue weighted by Crippen LogP contribution is -2.19. The fraction of sp³-hybridized carbons (Fsp3) is 0.538. The second-order valence-corrected chi connectivity index (χ2v) is 4.55. The number of halogens is 3. The molecule has 5 heteroatoms. The van der Waals surface area contributed by atoms with Crippen LogP contribution in [0.1, 0.15) is 37.7 Å². The summed E-state index contributed by atoms with van der Waals surface area (Å²) in [6, 6.07) is 3.27. The van der Waals surface area contributed by atoms with Crippen molar-refractivity contribution in [2.75, 3.05) is 0 Å². The minimum absolute atomic E-state index is 0.00984. The number of rotatable bonds is 2. The summed E-state index contributed by atoms with van der Waals surface area (Å²) in [5.41, 5.74) is -1.05. The zero-order valence-electron chi connectivity index (χ0n) is 9.83. The normalized spacial score (nSPS) is 17.7. The van der Waals surface area contributed by atoms with E-state index >= 15 is 0 Å². The van der Waals surface area contributed by atoms with Gasteiger partial charge in [-0.3, -0.25) is 0 Å². The fourth-order valence-electron chi connectivity index (χ4n) is 2.19. The molecule has 0 spiro atoms. The Balaban J connectivity index is 2.14. The van der Waals surface area contributed by atoms with E-state index in [4.69, 9.17) is 4.74 Å². The summed E-state index contributed by atoms with van der Waals surface area (Å²) in [6.45, 7) is 0. The van der Waals surface area contributed by atoms with Gasteiger partial charge in [0, 0.05) is 0 Å². The molecule has 0 aliphatic heterocycles. The molecule has 1 aromatic carbocycles. The zero-order valence-corrected chi connectivity index (χ0v) is 9.83. The Kier molecular flexibility index (Phi) is 3.68. The maximum absolute atomic E-state index is 12.6. The van der Waals surface area contributed by atoms with Gasteiger partial charge in [0.25, 0.3) is 0 Å². The Morgan fingerprint density at radius 2 is 1.78 bits per heavy atom. The topological polar surface area (TPSA) is 29.5 Å². The van der Waals surface area contributed by atoms with Gasteiger partial charge in [0.1, 0.15) is 17.1 Å². The first-order valence-corrected chi connectivity index (χ1v) is 6.03. The van der Waals surface area contributed by atoms with E-state index in [2.05, 4.69) is 0 Å². The predicted octanol–water partition coefficient (Wildman–Crippen LogP) is 4.12. The number of hydrogen-bond donors (Lipinski definition) is 1. The highest BCUT2D eigenvalue weighted by Crippen LogP contribution is 2.38. The maximum atomic E-state index is 12.6. The smallest absolute Gasteiger partial charge is 0.420 e. The highest BCUT2D eigenvalue weighted by atomic mass is 19.4. The van der Waals surface area contributed by atoms with E-state index in [1.807, 2.05) is 0 Å². The van der Waals surface area contributed by atoms with Crippen LogP contribution in [-0.2, 0) is 6.18 Å². The summed E-state index contributed by atoms with van der Waals surface area (Å²) in [7, 11) is 0. The number of ether oxygens (including phenoxy) is 1. The monoisotopic (exact) mass is 260 g/mol. The summed E-state index contributed by atoms with van der Waals surface area (Å²) < 4.78 is 43.3. The molecule has 1 aromatic rings. The van der Waals surface area contributed by atoms with Gasteiger partial charge in [0.2, 0.25) is 0 Å². The molecule has 1 aliphatic carbocycles. The van der Waals surface area contributed by atoms with Gasteiger partial charge < -0.3 is 9.84 Å². The molecule has 0 aromatic heterocycles. The zero-order chi connectivity index (χ0) is 13.2. The van der Waals surface area contributed by atoms with E-state index < -0.39 is 17.5 Å². The van der Waals surface area contributed by atoms with E-state index in [-0.39, 0.29) is 11.9 Å². The van der Waals surface area contributed by atoms with Crippen molar-refractivity contribution in [1.29, 1.82) is 0 Å². The summed E-state index contributed by atoms with van der Waals surface area (Å²) in [5.74, 6) is -0.592. The van der Waals surface area contributed by atoms with Crippen molar-refractivity contribution in [3.8, 4) is 11.5 Å². The van der Waals surface area contributed by atoms with Gasteiger partial charge in [-0.05, 0) is 43.9 Å². The first-order valence-electron chi connectivity index (χ1n) is 6.03. The van der Waals surface area contributed by atoms with Crippen molar-refractivity contribution < 1.29 is 23.0 Å². The molecule has 2 rings (SSSR count). The third-order valence-corrected chi connectivity index (χ3v) is 3.13. The van der Waals surface area contributed by atoms with Gasteiger partial charge in [0.05, 0.1) is 6.10 Å². The molecule has 0 bridgehead atoms. The van der Waals surface area contributed by atoms with Crippen LogP contribution in [0, 0.1) is 0 Å². The molecule has 1 fully saturated rings. The third-order valence-electron chi connectivity index (χ3n) is 3.13. The second-order valence-electron chi connectivity index (χ2n) is 4.55. The van der Waals surface area contributed by atoms with Gasteiger partial charge >= 0.3 is 6.18 Å². The Morgan fingerprint density at radius 1 is 1.11 bits per heavy atom. The molecule has 100 valence electrons. The SMILES string of the molecule is Oc1ccc(OC2CCCCC2)cc1C(F)(F)F. The van der Waals surface area contributed by atoms with Gasteiger partial charge in [0.15, 0.2) is 0 Å². The van der Waals surface area contributed by atoms with E-state index in [0.717, 1.165) is 44.2 Å². The average molecular weight is 260 g/mol. The first-order chi connectivity index (χ1) is 8.47. The van der Waals surface area contributed by atoms with Crippen LogP contribution in [0.3, 0.4) is 0 Å². The molecule has 0 radical (unpaired) electrons. The number of aromatic hydroxyl groups is 1. The summed E-state index contributed by atoms with van der Waals surface area (Å²) >= 11 is 0. The molecule has 1 saturated carbocycles. The molecular weight excluding hydrogens is 245 g/mol. The van der Waals surface area contributed by atoms with Crippen LogP contribution >= 0.6 is 0 Å². The maximum Gasteiger partial charge on any atom is 0.420 e. The summed E-state index contributed by atoms with van der Waals surface area (Å²) in [6.07, 6.45) is 0.442. The molecular formula is C13H15F3O2. The van der Waals surface area contributed by atoms with Crippen LogP contribution in [-0.4, -0.2) is 11.2 Å². The van der Waals surface area contributed by atoms with Crippen molar-refractivity contribution in [2.45, 2.75) is 44.4 Å². The number of alkyl halides is 3. The lowest BCUT2D eigenvalue weighted by Gasteiger charge is -2.23. The standard InChI is InChI=1S/C13H15F3O2/c14-13(15,16)11-8-10(6-7-12(11)17)18-9-4-2-1-3-5-9/h6-9,17H,1-5H2. The fourth-order valence-corrected chi connectivity index (χ4v) is 2.19. The van der Waals surface area contributed by atoms with Crippen LogP contribution in [0.15, 0.2) is 18.2 Å². The molecule has 1 N–H and O–H groups in total. The Bertz CT molecular complexity index is 409.